The second kappa shape index (κ2) is 5.27. The third-order valence-corrected chi connectivity index (χ3v) is 2.76. The minimum absolute atomic E-state index is 0.272. The first kappa shape index (κ1) is 12.7. The van der Waals surface area contributed by atoms with Crippen LogP contribution in [0, 0.1) is 12.7 Å². The van der Waals surface area contributed by atoms with Crippen molar-refractivity contribution >= 4 is 27.7 Å². The van der Waals surface area contributed by atoms with E-state index in [2.05, 4.69) is 26.2 Å². The van der Waals surface area contributed by atoms with Gasteiger partial charge in [0.05, 0.1) is 0 Å². The Labute approximate surface area is 112 Å². The average Bonchev–Trinajstić information content (AvgIpc) is 2.27. The molecule has 3 nitrogen and oxygen atoms in total. The number of rotatable bonds is 2. The van der Waals surface area contributed by atoms with Gasteiger partial charge in [0.2, 0.25) is 0 Å². The van der Waals surface area contributed by atoms with Crippen molar-refractivity contribution in [3.8, 4) is 0 Å². The van der Waals surface area contributed by atoms with Crippen molar-refractivity contribution in [3.63, 3.8) is 0 Å². The van der Waals surface area contributed by atoms with Crippen LogP contribution in [0.1, 0.15) is 15.9 Å². The smallest absolute Gasteiger partial charge is 0.256 e. The molecule has 1 N–H and O–H groups in total. The number of aromatic nitrogens is 1. The number of aryl methyl sites for hydroxylation is 1. The van der Waals surface area contributed by atoms with Crippen LogP contribution in [0.2, 0.25) is 0 Å². The number of hydrogen-bond donors (Lipinski definition) is 1. The average molecular weight is 309 g/mol. The van der Waals surface area contributed by atoms with Gasteiger partial charge >= 0.3 is 0 Å². The van der Waals surface area contributed by atoms with Crippen LogP contribution >= 0.6 is 15.9 Å². The van der Waals surface area contributed by atoms with Gasteiger partial charge in [-0.15, -0.1) is 0 Å². The van der Waals surface area contributed by atoms with Crippen molar-refractivity contribution < 1.29 is 9.18 Å². The molecule has 0 radical (unpaired) electrons. The number of anilines is 1. The third-order valence-electron chi connectivity index (χ3n) is 2.27. The first-order valence-electron chi connectivity index (χ1n) is 5.25. The van der Waals surface area contributed by atoms with Crippen LogP contribution in [0.15, 0.2) is 41.0 Å². The Balaban J connectivity index is 2.22. The highest BCUT2D eigenvalue weighted by atomic mass is 79.9. The van der Waals surface area contributed by atoms with E-state index in [-0.39, 0.29) is 11.5 Å². The normalized spacial score (nSPS) is 10.2. The van der Waals surface area contributed by atoms with Gasteiger partial charge in [-0.1, -0.05) is 15.9 Å². The van der Waals surface area contributed by atoms with Crippen LogP contribution in [-0.4, -0.2) is 10.9 Å². The molecular weight excluding hydrogens is 299 g/mol. The van der Waals surface area contributed by atoms with Crippen LogP contribution in [0.25, 0.3) is 0 Å². The molecule has 0 atom stereocenters. The molecule has 0 fully saturated rings. The van der Waals surface area contributed by atoms with E-state index in [1.54, 1.807) is 31.3 Å². The van der Waals surface area contributed by atoms with Crippen LogP contribution < -0.4 is 5.32 Å². The summed E-state index contributed by atoms with van der Waals surface area (Å²) >= 11 is 3.28. The largest absolute Gasteiger partial charge is 0.307 e. The highest BCUT2D eigenvalue weighted by Gasteiger charge is 2.09. The lowest BCUT2D eigenvalue weighted by molar-refractivity contribution is 0.102. The lowest BCUT2D eigenvalue weighted by Crippen LogP contribution is -2.13. The molecule has 1 heterocycles. The topological polar surface area (TPSA) is 42.0 Å². The molecule has 2 rings (SSSR count). The molecule has 1 aromatic heterocycles. The maximum Gasteiger partial charge on any atom is 0.256 e. The van der Waals surface area contributed by atoms with Gasteiger partial charge in [-0.3, -0.25) is 4.79 Å². The fraction of sp³-hybridized carbons (Fsp3) is 0.0769. The molecule has 0 saturated carbocycles. The Bertz CT molecular complexity index is 581. The summed E-state index contributed by atoms with van der Waals surface area (Å²) in [7, 11) is 0. The number of pyridine rings is 1. The number of benzene rings is 1. The summed E-state index contributed by atoms with van der Waals surface area (Å²) in [4.78, 5) is 15.9. The zero-order valence-corrected chi connectivity index (χ0v) is 11.2. The Hall–Kier alpha value is -1.75. The molecule has 1 aromatic carbocycles. The predicted molar refractivity (Wildman–Crippen MR) is 71.0 cm³/mol. The van der Waals surface area contributed by atoms with Crippen LogP contribution in [-0.2, 0) is 0 Å². The number of amides is 1. The van der Waals surface area contributed by atoms with Gasteiger partial charge in [-0.05, 0) is 42.8 Å². The second-order valence-electron chi connectivity index (χ2n) is 3.83. The van der Waals surface area contributed by atoms with Gasteiger partial charge in [0, 0.05) is 16.2 Å². The first-order chi connectivity index (χ1) is 8.54. The molecule has 92 valence electrons. The molecule has 18 heavy (non-hydrogen) atoms. The molecular formula is C13H10BrFN2O. The molecule has 0 saturated heterocycles. The van der Waals surface area contributed by atoms with Crippen molar-refractivity contribution in [3.05, 3.63) is 57.9 Å². The fourth-order valence-corrected chi connectivity index (χ4v) is 1.86. The summed E-state index contributed by atoms with van der Waals surface area (Å²) < 4.78 is 14.0. The standard InChI is InChI=1S/C13H10BrFN2O/c1-8-4-9(6-11(15)5-8)13(18)17-12-7-10(14)2-3-16-12/h2-7H,1H3,(H,16,17,18). The Morgan fingerprint density at radius 1 is 1.33 bits per heavy atom. The van der Waals surface area contributed by atoms with E-state index >= 15 is 0 Å². The Kier molecular flexibility index (Phi) is 3.72. The summed E-state index contributed by atoms with van der Waals surface area (Å²) in [6.07, 6.45) is 1.57. The van der Waals surface area contributed by atoms with Gasteiger partial charge in [-0.25, -0.2) is 9.37 Å². The zero-order chi connectivity index (χ0) is 13.1. The maximum absolute atomic E-state index is 13.2. The molecule has 0 aliphatic rings. The fourth-order valence-electron chi connectivity index (χ4n) is 1.53. The maximum atomic E-state index is 13.2. The van der Waals surface area contributed by atoms with Gasteiger partial charge in [0.15, 0.2) is 0 Å². The molecule has 1 amide bonds. The van der Waals surface area contributed by atoms with E-state index in [1.807, 2.05) is 0 Å². The third kappa shape index (κ3) is 3.13. The second-order valence-corrected chi connectivity index (χ2v) is 4.75. The number of nitrogens with one attached hydrogen (secondary N) is 1. The van der Waals surface area contributed by atoms with Crippen molar-refractivity contribution in [1.29, 1.82) is 0 Å². The van der Waals surface area contributed by atoms with Crippen LogP contribution in [0.4, 0.5) is 10.2 Å². The SMILES string of the molecule is Cc1cc(F)cc(C(=O)Nc2cc(Br)ccn2)c1. The van der Waals surface area contributed by atoms with Crippen LogP contribution in [0.5, 0.6) is 0 Å². The molecule has 0 unspecified atom stereocenters. The van der Waals surface area contributed by atoms with Crippen molar-refractivity contribution in [2.75, 3.05) is 5.32 Å². The summed E-state index contributed by atoms with van der Waals surface area (Å²) in [5.41, 5.74) is 0.969. The van der Waals surface area contributed by atoms with Gasteiger partial charge in [-0.2, -0.15) is 0 Å². The van der Waals surface area contributed by atoms with Gasteiger partial charge < -0.3 is 5.32 Å². The summed E-state index contributed by atoms with van der Waals surface area (Å²) in [6.45, 7) is 1.73. The van der Waals surface area contributed by atoms with Gasteiger partial charge in [0.1, 0.15) is 11.6 Å². The quantitative estimate of drug-likeness (QED) is 0.922. The van der Waals surface area contributed by atoms with Crippen molar-refractivity contribution in [2.24, 2.45) is 0 Å². The Morgan fingerprint density at radius 2 is 2.11 bits per heavy atom. The summed E-state index contributed by atoms with van der Waals surface area (Å²) in [6, 6.07) is 7.61. The minimum Gasteiger partial charge on any atom is -0.307 e. The number of carbonyl (C=O) groups excluding carboxylic acids is 1. The molecule has 0 bridgehead atoms. The zero-order valence-electron chi connectivity index (χ0n) is 9.58. The van der Waals surface area contributed by atoms with Crippen LogP contribution in [0.3, 0.4) is 0 Å². The van der Waals surface area contributed by atoms with E-state index in [0.717, 1.165) is 4.47 Å². The predicted octanol–water partition coefficient (Wildman–Crippen LogP) is 3.54. The van der Waals surface area contributed by atoms with E-state index in [4.69, 9.17) is 0 Å². The lowest BCUT2D eigenvalue weighted by atomic mass is 10.1. The lowest BCUT2D eigenvalue weighted by Gasteiger charge is -2.05. The molecule has 5 heteroatoms. The number of carbonyl (C=O) groups is 1. The number of hydrogen-bond acceptors (Lipinski definition) is 2. The number of halogens is 2. The van der Waals surface area contributed by atoms with E-state index in [0.29, 0.717) is 11.4 Å². The molecule has 2 aromatic rings. The molecule has 0 spiro atoms. The van der Waals surface area contributed by atoms with E-state index in [1.165, 1.54) is 12.1 Å². The van der Waals surface area contributed by atoms with Gasteiger partial charge in [0.25, 0.3) is 5.91 Å². The summed E-state index contributed by atoms with van der Waals surface area (Å²) in [5, 5.41) is 2.61. The van der Waals surface area contributed by atoms with Crippen molar-refractivity contribution in [2.45, 2.75) is 6.92 Å². The van der Waals surface area contributed by atoms with E-state index in [9.17, 15) is 9.18 Å². The molecule has 0 aliphatic heterocycles. The highest BCUT2D eigenvalue weighted by molar-refractivity contribution is 9.10. The minimum atomic E-state index is -0.428. The summed E-state index contributed by atoms with van der Waals surface area (Å²) in [5.74, 6) is -0.401. The monoisotopic (exact) mass is 308 g/mol. The van der Waals surface area contributed by atoms with Crippen molar-refractivity contribution in [1.82, 2.24) is 4.98 Å². The Morgan fingerprint density at radius 3 is 2.78 bits per heavy atom. The number of nitrogens with zero attached hydrogens (tertiary/aromatic N) is 1. The highest BCUT2D eigenvalue weighted by Crippen LogP contribution is 2.14. The first-order valence-corrected chi connectivity index (χ1v) is 6.04. The van der Waals surface area contributed by atoms with E-state index < -0.39 is 5.82 Å². The molecule has 0 aliphatic carbocycles.